The molecule has 28 heavy (non-hydrogen) atoms. The molecule has 1 aliphatic carbocycles. The Morgan fingerprint density at radius 3 is 2.71 bits per heavy atom. The number of carbonyl (C=O) groups is 1. The summed E-state index contributed by atoms with van der Waals surface area (Å²) in [6.45, 7) is 0.896. The molecule has 1 aliphatic heterocycles. The summed E-state index contributed by atoms with van der Waals surface area (Å²) in [5.41, 5.74) is 0.264. The summed E-state index contributed by atoms with van der Waals surface area (Å²) < 4.78 is 37.9. The lowest BCUT2D eigenvalue weighted by molar-refractivity contribution is 0.0462. The van der Waals surface area contributed by atoms with Gasteiger partial charge in [0.25, 0.3) is 0 Å². The first-order valence-corrected chi connectivity index (χ1v) is 10.8. The SMILES string of the molecule is O=C(OCc1nc(C2CC2)n[nH]1)c1ccc(S(=O)(=O)NC[C@H]2CCCO2)cc1. The molecule has 150 valence electrons. The lowest BCUT2D eigenvalue weighted by atomic mass is 10.2. The van der Waals surface area contributed by atoms with Crippen LogP contribution in [0.3, 0.4) is 0 Å². The van der Waals surface area contributed by atoms with Crippen molar-refractivity contribution in [3.63, 3.8) is 0 Å². The first-order chi connectivity index (χ1) is 13.5. The second-order valence-electron chi connectivity index (χ2n) is 7.00. The van der Waals surface area contributed by atoms with Crippen LogP contribution in [-0.2, 0) is 26.1 Å². The highest BCUT2D eigenvalue weighted by Crippen LogP contribution is 2.37. The Morgan fingerprint density at radius 1 is 1.25 bits per heavy atom. The molecule has 2 aliphatic rings. The van der Waals surface area contributed by atoms with E-state index in [1.165, 1.54) is 24.3 Å². The van der Waals surface area contributed by atoms with Crippen LogP contribution in [-0.4, -0.2) is 48.8 Å². The van der Waals surface area contributed by atoms with E-state index in [-0.39, 0.29) is 29.7 Å². The van der Waals surface area contributed by atoms with Gasteiger partial charge in [0.2, 0.25) is 10.0 Å². The fourth-order valence-electron chi connectivity index (χ4n) is 2.98. The van der Waals surface area contributed by atoms with Gasteiger partial charge < -0.3 is 9.47 Å². The molecule has 2 aromatic rings. The number of carbonyl (C=O) groups excluding carboxylic acids is 1. The zero-order valence-corrected chi connectivity index (χ0v) is 16.1. The summed E-state index contributed by atoms with van der Waals surface area (Å²) in [4.78, 5) is 16.6. The van der Waals surface area contributed by atoms with Crippen LogP contribution in [0.4, 0.5) is 0 Å². The maximum Gasteiger partial charge on any atom is 0.338 e. The number of H-pyrrole nitrogens is 1. The lowest BCUT2D eigenvalue weighted by Crippen LogP contribution is -2.31. The number of aromatic nitrogens is 3. The van der Waals surface area contributed by atoms with E-state index in [1.54, 1.807) is 0 Å². The van der Waals surface area contributed by atoms with Gasteiger partial charge in [0.1, 0.15) is 0 Å². The number of ether oxygens (including phenoxy) is 2. The van der Waals surface area contributed by atoms with Gasteiger partial charge in [-0.1, -0.05) is 0 Å². The van der Waals surface area contributed by atoms with E-state index in [0.29, 0.717) is 18.3 Å². The molecular formula is C18H22N4O5S. The molecular weight excluding hydrogens is 384 g/mol. The van der Waals surface area contributed by atoms with E-state index in [4.69, 9.17) is 9.47 Å². The number of sulfonamides is 1. The van der Waals surface area contributed by atoms with Crippen molar-refractivity contribution in [1.29, 1.82) is 0 Å². The largest absolute Gasteiger partial charge is 0.454 e. The number of benzene rings is 1. The van der Waals surface area contributed by atoms with Crippen molar-refractivity contribution >= 4 is 16.0 Å². The highest BCUT2D eigenvalue weighted by Gasteiger charge is 2.28. The van der Waals surface area contributed by atoms with Crippen molar-refractivity contribution < 1.29 is 22.7 Å². The average molecular weight is 406 g/mol. The van der Waals surface area contributed by atoms with E-state index in [9.17, 15) is 13.2 Å². The van der Waals surface area contributed by atoms with Gasteiger partial charge in [0.05, 0.1) is 16.6 Å². The number of hydrogen-bond acceptors (Lipinski definition) is 7. The third-order valence-electron chi connectivity index (χ3n) is 4.76. The first-order valence-electron chi connectivity index (χ1n) is 9.31. The minimum absolute atomic E-state index is 0.0124. The first kappa shape index (κ1) is 19.0. The Morgan fingerprint density at radius 2 is 2.04 bits per heavy atom. The van der Waals surface area contributed by atoms with Crippen molar-refractivity contribution in [2.45, 2.75) is 49.2 Å². The topological polar surface area (TPSA) is 123 Å². The summed E-state index contributed by atoms with van der Waals surface area (Å²) in [5, 5.41) is 6.87. The highest BCUT2D eigenvalue weighted by molar-refractivity contribution is 7.89. The minimum Gasteiger partial charge on any atom is -0.454 e. The summed E-state index contributed by atoms with van der Waals surface area (Å²) in [6, 6.07) is 5.63. The van der Waals surface area contributed by atoms with Crippen LogP contribution >= 0.6 is 0 Å². The van der Waals surface area contributed by atoms with Crippen LogP contribution in [0.2, 0.25) is 0 Å². The van der Waals surface area contributed by atoms with Gasteiger partial charge >= 0.3 is 5.97 Å². The number of hydrogen-bond donors (Lipinski definition) is 2. The minimum atomic E-state index is -3.65. The van der Waals surface area contributed by atoms with E-state index >= 15 is 0 Å². The van der Waals surface area contributed by atoms with Crippen LogP contribution in [0, 0.1) is 0 Å². The molecule has 0 radical (unpaired) electrons. The summed E-state index contributed by atoms with van der Waals surface area (Å²) in [5.74, 6) is 1.12. The fourth-order valence-corrected chi connectivity index (χ4v) is 4.04. The molecule has 1 atom stereocenters. The molecule has 2 fully saturated rings. The Kier molecular flexibility index (Phi) is 5.42. The van der Waals surface area contributed by atoms with Crippen LogP contribution < -0.4 is 4.72 Å². The van der Waals surface area contributed by atoms with E-state index in [2.05, 4.69) is 19.9 Å². The smallest absolute Gasteiger partial charge is 0.338 e. The van der Waals surface area contributed by atoms with E-state index < -0.39 is 16.0 Å². The molecule has 0 bridgehead atoms. The van der Waals surface area contributed by atoms with Gasteiger partial charge in [-0.2, -0.15) is 5.10 Å². The van der Waals surface area contributed by atoms with Crippen LogP contribution in [0.15, 0.2) is 29.2 Å². The summed E-state index contributed by atoms with van der Waals surface area (Å²) in [7, 11) is -3.65. The number of rotatable bonds is 8. The van der Waals surface area contributed by atoms with Gasteiger partial charge in [-0.15, -0.1) is 0 Å². The number of nitrogens with zero attached hydrogens (tertiary/aromatic N) is 2. The monoisotopic (exact) mass is 406 g/mol. The molecule has 0 amide bonds. The molecule has 0 spiro atoms. The van der Waals surface area contributed by atoms with Gasteiger partial charge in [-0.3, -0.25) is 5.10 Å². The Balaban J connectivity index is 1.31. The molecule has 0 unspecified atom stereocenters. The molecule has 4 rings (SSSR count). The van der Waals surface area contributed by atoms with Crippen molar-refractivity contribution in [2.75, 3.05) is 13.2 Å². The zero-order chi connectivity index (χ0) is 19.6. The molecule has 9 nitrogen and oxygen atoms in total. The molecule has 2 N–H and O–H groups in total. The van der Waals surface area contributed by atoms with Crippen LogP contribution in [0.5, 0.6) is 0 Å². The van der Waals surface area contributed by atoms with E-state index in [1.807, 2.05) is 0 Å². The fraction of sp³-hybridized carbons (Fsp3) is 0.500. The highest BCUT2D eigenvalue weighted by atomic mass is 32.2. The van der Waals surface area contributed by atoms with Crippen LogP contribution in [0.25, 0.3) is 0 Å². The Hall–Kier alpha value is -2.30. The maximum absolute atomic E-state index is 12.3. The van der Waals surface area contributed by atoms with E-state index in [0.717, 1.165) is 31.5 Å². The van der Waals surface area contributed by atoms with Gasteiger partial charge in [0, 0.05) is 19.1 Å². The van der Waals surface area contributed by atoms with Gasteiger partial charge in [-0.05, 0) is 49.9 Å². The van der Waals surface area contributed by atoms with Crippen molar-refractivity contribution in [3.05, 3.63) is 41.5 Å². The third-order valence-corrected chi connectivity index (χ3v) is 6.20. The predicted octanol–water partition coefficient (Wildman–Crippen LogP) is 1.50. The predicted molar refractivity (Wildman–Crippen MR) is 98.1 cm³/mol. The number of aromatic amines is 1. The number of esters is 1. The Labute approximate surface area is 162 Å². The third kappa shape index (κ3) is 4.57. The zero-order valence-electron chi connectivity index (χ0n) is 15.3. The lowest BCUT2D eigenvalue weighted by Gasteiger charge is -2.11. The van der Waals surface area contributed by atoms with Crippen molar-refractivity contribution in [3.8, 4) is 0 Å². The summed E-state index contributed by atoms with van der Waals surface area (Å²) in [6.07, 6.45) is 3.89. The summed E-state index contributed by atoms with van der Waals surface area (Å²) >= 11 is 0. The standard InChI is InChI=1S/C18H22N4O5S/c23-18(27-11-16-20-17(22-21-16)12-3-4-12)13-5-7-15(8-6-13)28(24,25)19-10-14-2-1-9-26-14/h5-8,12,14,19H,1-4,9-11H2,(H,20,21,22)/t14-/m1/s1. The van der Waals surface area contributed by atoms with Crippen molar-refractivity contribution in [1.82, 2.24) is 19.9 Å². The Bertz CT molecular complexity index is 931. The molecule has 1 aromatic carbocycles. The molecule has 1 aromatic heterocycles. The maximum atomic E-state index is 12.3. The second kappa shape index (κ2) is 7.98. The molecule has 10 heteroatoms. The molecule has 1 saturated heterocycles. The molecule has 1 saturated carbocycles. The second-order valence-corrected chi connectivity index (χ2v) is 8.77. The average Bonchev–Trinajstić information content (AvgIpc) is 3.21. The molecule has 2 heterocycles. The van der Waals surface area contributed by atoms with Gasteiger partial charge in [0.15, 0.2) is 18.3 Å². The van der Waals surface area contributed by atoms with Crippen LogP contribution in [0.1, 0.15) is 53.6 Å². The normalized spacial score (nSPS) is 19.6. The van der Waals surface area contributed by atoms with Gasteiger partial charge in [-0.25, -0.2) is 22.9 Å². The number of nitrogens with one attached hydrogen (secondary N) is 2. The van der Waals surface area contributed by atoms with Crippen molar-refractivity contribution in [2.24, 2.45) is 0 Å². The quantitative estimate of drug-likeness (QED) is 0.637.